The highest BCUT2D eigenvalue weighted by Crippen LogP contribution is 2.27. The van der Waals surface area contributed by atoms with Crippen molar-refractivity contribution in [3.8, 4) is 0 Å². The van der Waals surface area contributed by atoms with Crippen LogP contribution >= 0.6 is 23.2 Å². The summed E-state index contributed by atoms with van der Waals surface area (Å²) in [5.41, 5.74) is 1.39. The minimum absolute atomic E-state index is 0.0181. The van der Waals surface area contributed by atoms with Crippen LogP contribution in [0.2, 0.25) is 10.0 Å². The number of carbonyl (C=O) groups is 1. The van der Waals surface area contributed by atoms with Gasteiger partial charge in [0.1, 0.15) is 0 Å². The fraction of sp³-hybridized carbons (Fsp3) is 0.611. The van der Waals surface area contributed by atoms with Crippen molar-refractivity contribution in [2.24, 2.45) is 0 Å². The van der Waals surface area contributed by atoms with E-state index in [4.69, 9.17) is 23.2 Å². The topological polar surface area (TPSA) is 26.8 Å². The molecule has 6 heteroatoms. The molecule has 24 heavy (non-hydrogen) atoms. The van der Waals surface area contributed by atoms with Gasteiger partial charge in [0.15, 0.2) is 0 Å². The van der Waals surface area contributed by atoms with Crippen molar-refractivity contribution >= 4 is 29.1 Å². The van der Waals surface area contributed by atoms with Gasteiger partial charge in [-0.15, -0.1) is 0 Å². The Morgan fingerprint density at radius 3 is 2.42 bits per heavy atom. The van der Waals surface area contributed by atoms with Gasteiger partial charge in [-0.1, -0.05) is 23.2 Å². The number of carbonyl (C=O) groups excluding carboxylic acids is 1. The van der Waals surface area contributed by atoms with Gasteiger partial charge in [0, 0.05) is 47.8 Å². The smallest absolute Gasteiger partial charge is 0.254 e. The Kier molecular flexibility index (Phi) is 6.93. The minimum Gasteiger partial charge on any atom is -0.337 e. The molecule has 134 valence electrons. The van der Waals surface area contributed by atoms with Crippen LogP contribution < -0.4 is 0 Å². The number of rotatable bonds is 5. The predicted octanol–water partition coefficient (Wildman–Crippen LogP) is 3.40. The van der Waals surface area contributed by atoms with E-state index in [0.29, 0.717) is 21.7 Å². The number of piperidine rings is 1. The summed E-state index contributed by atoms with van der Waals surface area (Å²) >= 11 is 12.4. The average molecular weight is 372 g/mol. The molecule has 4 nitrogen and oxygen atoms in total. The van der Waals surface area contributed by atoms with E-state index in [9.17, 15) is 4.79 Å². The van der Waals surface area contributed by atoms with E-state index in [-0.39, 0.29) is 5.91 Å². The number of hydrogen-bond acceptors (Lipinski definition) is 3. The van der Waals surface area contributed by atoms with Crippen molar-refractivity contribution in [2.45, 2.75) is 25.8 Å². The Labute approximate surface area is 155 Å². The Morgan fingerprint density at radius 1 is 1.21 bits per heavy atom. The van der Waals surface area contributed by atoms with Gasteiger partial charge in [0.2, 0.25) is 0 Å². The molecule has 1 aliphatic heterocycles. The molecule has 1 aromatic rings. The predicted molar refractivity (Wildman–Crippen MR) is 101 cm³/mol. The van der Waals surface area contributed by atoms with Gasteiger partial charge >= 0.3 is 0 Å². The van der Waals surface area contributed by atoms with Crippen LogP contribution in [0.15, 0.2) is 12.1 Å². The molecule has 0 radical (unpaired) electrons. The van der Waals surface area contributed by atoms with Crippen molar-refractivity contribution in [3.63, 3.8) is 0 Å². The summed E-state index contributed by atoms with van der Waals surface area (Å²) in [6.45, 7) is 5.42. The van der Waals surface area contributed by atoms with E-state index >= 15 is 0 Å². The standard InChI is InChI=1S/C18H27Cl2N3O/c1-13-16(19)10-14(11-17(13)20)18(24)23-7-5-6-15(12-23)22(4)9-8-21(2)3/h10-11,15H,5-9,12H2,1-4H3/t15-/m0/s1. The molecule has 1 fully saturated rings. The zero-order valence-corrected chi connectivity index (χ0v) is 16.5. The highest BCUT2D eigenvalue weighted by molar-refractivity contribution is 6.36. The third-order valence-electron chi connectivity index (χ3n) is 4.73. The van der Waals surface area contributed by atoms with Crippen molar-refractivity contribution in [1.29, 1.82) is 0 Å². The lowest BCUT2D eigenvalue weighted by atomic mass is 10.0. The minimum atomic E-state index is 0.0181. The van der Waals surface area contributed by atoms with Crippen LogP contribution in [-0.4, -0.2) is 74.0 Å². The lowest BCUT2D eigenvalue weighted by Crippen LogP contribution is -2.49. The van der Waals surface area contributed by atoms with Crippen LogP contribution in [0.5, 0.6) is 0 Å². The summed E-state index contributed by atoms with van der Waals surface area (Å²) in [6, 6.07) is 3.86. The summed E-state index contributed by atoms with van der Waals surface area (Å²) in [5.74, 6) is 0.0181. The van der Waals surface area contributed by atoms with E-state index in [1.54, 1.807) is 12.1 Å². The SMILES string of the molecule is Cc1c(Cl)cc(C(=O)N2CCC[C@H](N(C)CCN(C)C)C2)cc1Cl. The third kappa shape index (κ3) is 4.85. The van der Waals surface area contributed by atoms with Crippen molar-refractivity contribution in [1.82, 2.24) is 14.7 Å². The number of halogens is 2. The molecule has 0 unspecified atom stereocenters. The summed E-state index contributed by atoms with van der Waals surface area (Å²) in [7, 11) is 6.30. The zero-order chi connectivity index (χ0) is 17.9. The molecule has 1 aliphatic rings. The summed E-state index contributed by atoms with van der Waals surface area (Å²) < 4.78 is 0. The van der Waals surface area contributed by atoms with Gasteiger partial charge in [-0.05, 0) is 58.6 Å². The maximum atomic E-state index is 12.8. The fourth-order valence-corrected chi connectivity index (χ4v) is 3.48. The molecule has 0 N–H and O–H groups in total. The van der Waals surface area contributed by atoms with Crippen LogP contribution in [0.25, 0.3) is 0 Å². The largest absolute Gasteiger partial charge is 0.337 e. The second-order valence-corrected chi connectivity index (χ2v) is 7.71. The first-order valence-electron chi connectivity index (χ1n) is 8.39. The maximum absolute atomic E-state index is 12.8. The Hall–Kier alpha value is -0.810. The number of hydrogen-bond donors (Lipinski definition) is 0. The van der Waals surface area contributed by atoms with Gasteiger partial charge in [0.25, 0.3) is 5.91 Å². The molecular weight excluding hydrogens is 345 g/mol. The van der Waals surface area contributed by atoms with E-state index in [1.807, 2.05) is 11.8 Å². The molecule has 0 aliphatic carbocycles. The summed E-state index contributed by atoms with van der Waals surface area (Å²) in [5, 5.41) is 1.09. The van der Waals surface area contributed by atoms with Crippen LogP contribution in [-0.2, 0) is 0 Å². The second-order valence-electron chi connectivity index (χ2n) is 6.90. The Morgan fingerprint density at radius 2 is 1.83 bits per heavy atom. The lowest BCUT2D eigenvalue weighted by Gasteiger charge is -2.38. The number of benzene rings is 1. The first-order chi connectivity index (χ1) is 11.3. The fourth-order valence-electron chi connectivity index (χ4n) is 2.99. The number of likely N-dealkylation sites (tertiary alicyclic amines) is 1. The van der Waals surface area contributed by atoms with Crippen molar-refractivity contribution in [2.75, 3.05) is 47.3 Å². The Bertz CT molecular complexity index is 569. The Balaban J connectivity index is 2.05. The van der Waals surface area contributed by atoms with Gasteiger partial charge in [-0.3, -0.25) is 4.79 Å². The maximum Gasteiger partial charge on any atom is 0.254 e. The normalized spacial score (nSPS) is 18.5. The van der Waals surface area contributed by atoms with E-state index in [1.165, 1.54) is 0 Å². The number of nitrogens with zero attached hydrogens (tertiary/aromatic N) is 3. The zero-order valence-electron chi connectivity index (χ0n) is 15.0. The van der Waals surface area contributed by atoms with Crippen LogP contribution in [0, 0.1) is 6.92 Å². The number of amides is 1. The van der Waals surface area contributed by atoms with Gasteiger partial charge < -0.3 is 14.7 Å². The third-order valence-corrected chi connectivity index (χ3v) is 5.52. The van der Waals surface area contributed by atoms with E-state index < -0.39 is 0 Å². The first-order valence-corrected chi connectivity index (χ1v) is 9.15. The first kappa shape index (κ1) is 19.5. The molecule has 1 aromatic carbocycles. The van der Waals surface area contributed by atoms with E-state index in [0.717, 1.165) is 44.6 Å². The number of likely N-dealkylation sites (N-methyl/N-ethyl adjacent to an activating group) is 2. The molecule has 1 amide bonds. The molecule has 2 rings (SSSR count). The average Bonchev–Trinajstić information content (AvgIpc) is 2.56. The van der Waals surface area contributed by atoms with Gasteiger partial charge in [-0.25, -0.2) is 0 Å². The van der Waals surface area contributed by atoms with Crippen LogP contribution in [0.1, 0.15) is 28.8 Å². The highest BCUT2D eigenvalue weighted by atomic mass is 35.5. The van der Waals surface area contributed by atoms with Gasteiger partial charge in [-0.2, -0.15) is 0 Å². The highest BCUT2D eigenvalue weighted by Gasteiger charge is 2.27. The summed E-state index contributed by atoms with van der Waals surface area (Å²) in [6.07, 6.45) is 2.15. The molecule has 1 heterocycles. The van der Waals surface area contributed by atoms with Crippen LogP contribution in [0.4, 0.5) is 0 Å². The molecule has 1 atom stereocenters. The second kappa shape index (κ2) is 8.52. The molecule has 0 bridgehead atoms. The van der Waals surface area contributed by atoms with E-state index in [2.05, 4.69) is 30.9 Å². The molecular formula is C18H27Cl2N3O. The van der Waals surface area contributed by atoms with Crippen LogP contribution in [0.3, 0.4) is 0 Å². The lowest BCUT2D eigenvalue weighted by molar-refractivity contribution is 0.0603. The molecule has 0 aromatic heterocycles. The van der Waals surface area contributed by atoms with Crippen molar-refractivity contribution < 1.29 is 4.79 Å². The monoisotopic (exact) mass is 371 g/mol. The molecule has 0 spiro atoms. The van der Waals surface area contributed by atoms with Gasteiger partial charge in [0.05, 0.1) is 0 Å². The molecule has 1 saturated heterocycles. The summed E-state index contributed by atoms with van der Waals surface area (Å²) in [4.78, 5) is 19.3. The quantitative estimate of drug-likeness (QED) is 0.793. The molecule has 0 saturated carbocycles. The van der Waals surface area contributed by atoms with Crippen molar-refractivity contribution in [3.05, 3.63) is 33.3 Å².